The highest BCUT2D eigenvalue weighted by Crippen LogP contribution is 2.69. The second-order valence-corrected chi connectivity index (χ2v) is 10.8. The van der Waals surface area contributed by atoms with Crippen molar-refractivity contribution in [2.24, 2.45) is 35.0 Å². The van der Waals surface area contributed by atoms with E-state index in [4.69, 9.17) is 4.74 Å². The smallest absolute Gasteiger partial charge is 0.0621 e. The van der Waals surface area contributed by atoms with Crippen LogP contribution in [0, 0.1) is 35.0 Å². The summed E-state index contributed by atoms with van der Waals surface area (Å²) < 4.78 is 6.30. The summed E-state index contributed by atoms with van der Waals surface area (Å²) in [7, 11) is 0. The Labute approximate surface area is 167 Å². The molecule has 156 valence electrons. The van der Waals surface area contributed by atoms with Gasteiger partial charge in [-0.2, -0.15) is 0 Å². The zero-order valence-electron chi connectivity index (χ0n) is 18.1. The summed E-state index contributed by atoms with van der Waals surface area (Å²) in [5.41, 5.74) is 0.255. The van der Waals surface area contributed by atoms with Crippen LogP contribution >= 0.6 is 0 Å². The van der Waals surface area contributed by atoms with Gasteiger partial charge < -0.3 is 15.2 Å². The number of hydrogen-bond acceptors (Lipinski definition) is 3. The Bertz CT molecular complexity index is 499. The van der Waals surface area contributed by atoms with Crippen molar-refractivity contribution >= 4 is 0 Å². The highest BCUT2D eigenvalue weighted by Gasteiger charge is 2.66. The van der Waals surface area contributed by atoms with E-state index in [1.165, 1.54) is 57.8 Å². The lowest BCUT2D eigenvalue weighted by molar-refractivity contribution is -0.0594. The first-order chi connectivity index (χ1) is 12.9. The van der Waals surface area contributed by atoms with Crippen LogP contribution in [0.15, 0.2) is 0 Å². The molecule has 1 aliphatic heterocycles. The number of aliphatic hydroxyl groups excluding tert-OH is 1. The number of hydrogen-bond donors (Lipinski definition) is 2. The summed E-state index contributed by atoms with van der Waals surface area (Å²) >= 11 is 0. The van der Waals surface area contributed by atoms with E-state index in [-0.39, 0.29) is 11.5 Å². The molecular formula is C24H43NO2. The van der Waals surface area contributed by atoms with Gasteiger partial charge in [0.05, 0.1) is 18.3 Å². The zero-order chi connectivity index (χ0) is 19.2. The first kappa shape index (κ1) is 20.2. The van der Waals surface area contributed by atoms with E-state index in [1.807, 2.05) is 0 Å². The molecule has 1 saturated heterocycles. The van der Waals surface area contributed by atoms with Crippen molar-refractivity contribution in [3.05, 3.63) is 0 Å². The molecule has 0 spiro atoms. The third-order valence-electron chi connectivity index (χ3n) is 8.97. The molecular weight excluding hydrogens is 334 g/mol. The van der Waals surface area contributed by atoms with Crippen LogP contribution in [-0.4, -0.2) is 36.0 Å². The van der Waals surface area contributed by atoms with Gasteiger partial charge in [0.2, 0.25) is 0 Å². The van der Waals surface area contributed by atoms with E-state index in [9.17, 15) is 5.11 Å². The second kappa shape index (κ2) is 7.95. The van der Waals surface area contributed by atoms with Gasteiger partial charge in [-0.1, -0.05) is 26.2 Å². The molecule has 3 nitrogen and oxygen atoms in total. The Morgan fingerprint density at radius 1 is 0.963 bits per heavy atom. The molecule has 0 aromatic carbocycles. The molecule has 2 N–H and O–H groups in total. The standard InChI is InChI=1S/C24H43NO2/c1-15(2)27-23-8-6-5-7-19(23)22-12-10-18(14-25-22)21-13-24(21,17(4)26)20-11-9-16(20)3/h15-23,25-26H,5-14H2,1-4H3. The Kier molecular flexibility index (Phi) is 5.94. The monoisotopic (exact) mass is 377 g/mol. The Balaban J connectivity index is 1.34. The fourth-order valence-electron chi connectivity index (χ4n) is 7.32. The highest BCUT2D eigenvalue weighted by atomic mass is 16.5. The molecule has 4 fully saturated rings. The van der Waals surface area contributed by atoms with Crippen molar-refractivity contribution in [1.29, 1.82) is 0 Å². The third-order valence-corrected chi connectivity index (χ3v) is 8.97. The summed E-state index contributed by atoms with van der Waals surface area (Å²) in [6.07, 6.45) is 12.6. The van der Waals surface area contributed by atoms with E-state index < -0.39 is 0 Å². The molecule has 1 heterocycles. The van der Waals surface area contributed by atoms with Crippen molar-refractivity contribution in [3.8, 4) is 0 Å². The van der Waals surface area contributed by atoms with Gasteiger partial charge in [-0.15, -0.1) is 0 Å². The molecule has 27 heavy (non-hydrogen) atoms. The fourth-order valence-corrected chi connectivity index (χ4v) is 7.32. The van der Waals surface area contributed by atoms with Crippen LogP contribution in [0.25, 0.3) is 0 Å². The van der Waals surface area contributed by atoms with Crippen LogP contribution in [0.1, 0.15) is 85.5 Å². The minimum absolute atomic E-state index is 0.129. The maximum atomic E-state index is 10.6. The quantitative estimate of drug-likeness (QED) is 0.700. The zero-order valence-corrected chi connectivity index (χ0v) is 18.1. The summed E-state index contributed by atoms with van der Waals surface area (Å²) in [5, 5.41) is 14.6. The lowest BCUT2D eigenvalue weighted by Crippen LogP contribution is -2.50. The van der Waals surface area contributed by atoms with Crippen molar-refractivity contribution in [2.75, 3.05) is 6.54 Å². The van der Waals surface area contributed by atoms with Crippen LogP contribution in [0.4, 0.5) is 0 Å². The highest BCUT2D eigenvalue weighted by molar-refractivity contribution is 5.14. The predicted octanol–water partition coefficient (Wildman–Crippen LogP) is 4.77. The first-order valence-corrected chi connectivity index (χ1v) is 12.0. The molecule has 0 aromatic rings. The van der Waals surface area contributed by atoms with E-state index in [1.54, 1.807) is 0 Å². The van der Waals surface area contributed by atoms with Crippen molar-refractivity contribution in [3.63, 3.8) is 0 Å². The molecule has 3 saturated carbocycles. The number of aliphatic hydroxyl groups is 1. The van der Waals surface area contributed by atoms with Gasteiger partial charge in [0.1, 0.15) is 0 Å². The summed E-state index contributed by atoms with van der Waals surface area (Å²) in [4.78, 5) is 0. The normalized spacial score (nSPS) is 48.9. The summed E-state index contributed by atoms with van der Waals surface area (Å²) in [5.74, 6) is 3.84. The Hall–Kier alpha value is -0.120. The fraction of sp³-hybridized carbons (Fsp3) is 1.00. The number of ether oxygens (including phenoxy) is 1. The molecule has 4 aliphatic rings. The average molecular weight is 378 g/mol. The van der Waals surface area contributed by atoms with Crippen molar-refractivity contribution < 1.29 is 9.84 Å². The minimum Gasteiger partial charge on any atom is -0.393 e. The third kappa shape index (κ3) is 3.73. The van der Waals surface area contributed by atoms with Gasteiger partial charge in [-0.3, -0.25) is 0 Å². The molecule has 3 heteroatoms. The van der Waals surface area contributed by atoms with E-state index >= 15 is 0 Å². The second-order valence-electron chi connectivity index (χ2n) is 10.8. The van der Waals surface area contributed by atoms with Gasteiger partial charge in [0.15, 0.2) is 0 Å². The molecule has 4 rings (SSSR count). The van der Waals surface area contributed by atoms with E-state index in [2.05, 4.69) is 33.0 Å². The van der Waals surface area contributed by atoms with Crippen molar-refractivity contribution in [2.45, 2.75) is 110 Å². The minimum atomic E-state index is -0.129. The van der Waals surface area contributed by atoms with Gasteiger partial charge in [0, 0.05) is 17.4 Å². The first-order valence-electron chi connectivity index (χ1n) is 12.0. The van der Waals surface area contributed by atoms with Crippen LogP contribution in [0.2, 0.25) is 0 Å². The van der Waals surface area contributed by atoms with Gasteiger partial charge in [0.25, 0.3) is 0 Å². The molecule has 0 radical (unpaired) electrons. The lowest BCUT2D eigenvalue weighted by atomic mass is 9.62. The number of piperidine rings is 1. The van der Waals surface area contributed by atoms with Crippen LogP contribution in [0.3, 0.4) is 0 Å². The Morgan fingerprint density at radius 3 is 2.30 bits per heavy atom. The molecule has 3 aliphatic carbocycles. The lowest BCUT2D eigenvalue weighted by Gasteiger charge is -2.45. The molecule has 0 amide bonds. The van der Waals surface area contributed by atoms with Gasteiger partial charge in [-0.05, 0) is 89.5 Å². The SMILES string of the molecule is CC(C)OC1CCCCC1C1CCC(C2CC2(C(C)O)C2CCC2C)CN1. The van der Waals surface area contributed by atoms with Gasteiger partial charge in [-0.25, -0.2) is 0 Å². The summed E-state index contributed by atoms with van der Waals surface area (Å²) in [6, 6.07) is 0.646. The molecule has 9 unspecified atom stereocenters. The van der Waals surface area contributed by atoms with Crippen LogP contribution in [0.5, 0.6) is 0 Å². The molecule has 0 bridgehead atoms. The predicted molar refractivity (Wildman–Crippen MR) is 111 cm³/mol. The maximum absolute atomic E-state index is 10.6. The number of rotatable bonds is 6. The maximum Gasteiger partial charge on any atom is 0.0621 e. The van der Waals surface area contributed by atoms with Crippen LogP contribution in [-0.2, 0) is 4.74 Å². The average Bonchev–Trinajstić information content (AvgIpc) is 3.37. The molecule has 9 atom stereocenters. The number of nitrogens with one attached hydrogen (secondary N) is 1. The molecule has 0 aromatic heterocycles. The van der Waals surface area contributed by atoms with Crippen molar-refractivity contribution in [1.82, 2.24) is 5.32 Å². The topological polar surface area (TPSA) is 41.5 Å². The van der Waals surface area contributed by atoms with Gasteiger partial charge >= 0.3 is 0 Å². The van der Waals surface area contributed by atoms with E-state index in [0.29, 0.717) is 24.2 Å². The largest absolute Gasteiger partial charge is 0.393 e. The Morgan fingerprint density at radius 2 is 1.74 bits per heavy atom. The van der Waals surface area contributed by atoms with Crippen LogP contribution < -0.4 is 5.32 Å². The summed E-state index contributed by atoms with van der Waals surface area (Å²) in [6.45, 7) is 10.00. The van der Waals surface area contributed by atoms with E-state index in [0.717, 1.165) is 30.2 Å².